The van der Waals surface area contributed by atoms with Crippen LogP contribution in [0.3, 0.4) is 0 Å². The Morgan fingerprint density at radius 2 is 2.20 bits per heavy atom. The fourth-order valence-corrected chi connectivity index (χ4v) is 3.17. The van der Waals surface area contributed by atoms with Crippen molar-refractivity contribution >= 4 is 5.91 Å². The first-order valence-electron chi connectivity index (χ1n) is 7.35. The Labute approximate surface area is 120 Å². The van der Waals surface area contributed by atoms with Gasteiger partial charge < -0.3 is 10.6 Å². The molecule has 1 amide bonds. The third-order valence-electron chi connectivity index (χ3n) is 4.33. The number of hydrogen-bond acceptors (Lipinski definition) is 2. The van der Waals surface area contributed by atoms with Gasteiger partial charge in [0.05, 0.1) is 0 Å². The number of aryl methyl sites for hydroxylation is 1. The second kappa shape index (κ2) is 6.35. The molecule has 2 unspecified atom stereocenters. The van der Waals surface area contributed by atoms with Gasteiger partial charge in [-0.3, -0.25) is 4.79 Å². The summed E-state index contributed by atoms with van der Waals surface area (Å²) in [5.41, 5.74) is 6.88. The lowest BCUT2D eigenvalue weighted by Gasteiger charge is -2.32. The number of rotatable bonds is 4. The maximum Gasteiger partial charge on any atom is 0.254 e. The van der Waals surface area contributed by atoms with Gasteiger partial charge in [-0.15, -0.1) is 0 Å². The lowest BCUT2D eigenvalue weighted by molar-refractivity contribution is 0.0652. The molecule has 1 saturated carbocycles. The number of halogens is 1. The molecule has 1 fully saturated rings. The average Bonchev–Trinajstić information content (AvgIpc) is 2.91. The van der Waals surface area contributed by atoms with Gasteiger partial charge in [-0.25, -0.2) is 4.39 Å². The summed E-state index contributed by atoms with van der Waals surface area (Å²) in [5.74, 6) is 0.103. The van der Waals surface area contributed by atoms with E-state index in [9.17, 15) is 9.18 Å². The molecule has 2 atom stereocenters. The van der Waals surface area contributed by atoms with Crippen LogP contribution in [0.2, 0.25) is 0 Å². The number of nitrogens with zero attached hydrogens (tertiary/aromatic N) is 1. The summed E-state index contributed by atoms with van der Waals surface area (Å²) in [7, 11) is 0. The van der Waals surface area contributed by atoms with E-state index in [1.807, 2.05) is 11.8 Å². The van der Waals surface area contributed by atoms with Gasteiger partial charge >= 0.3 is 0 Å². The first-order chi connectivity index (χ1) is 9.58. The highest BCUT2D eigenvalue weighted by Crippen LogP contribution is 2.30. The molecule has 1 aromatic carbocycles. The van der Waals surface area contributed by atoms with Gasteiger partial charge in [0, 0.05) is 18.2 Å². The van der Waals surface area contributed by atoms with Crippen LogP contribution in [0.15, 0.2) is 18.2 Å². The van der Waals surface area contributed by atoms with E-state index in [0.717, 1.165) is 19.3 Å². The van der Waals surface area contributed by atoms with E-state index in [0.29, 0.717) is 30.1 Å². The fourth-order valence-electron chi connectivity index (χ4n) is 3.17. The van der Waals surface area contributed by atoms with E-state index < -0.39 is 0 Å². The van der Waals surface area contributed by atoms with Crippen molar-refractivity contribution < 1.29 is 9.18 Å². The van der Waals surface area contributed by atoms with E-state index in [1.54, 1.807) is 19.1 Å². The summed E-state index contributed by atoms with van der Waals surface area (Å²) >= 11 is 0. The molecule has 110 valence electrons. The Morgan fingerprint density at radius 3 is 2.80 bits per heavy atom. The average molecular weight is 278 g/mol. The molecule has 0 bridgehead atoms. The quantitative estimate of drug-likeness (QED) is 0.920. The van der Waals surface area contributed by atoms with Gasteiger partial charge in [0.25, 0.3) is 5.91 Å². The van der Waals surface area contributed by atoms with Gasteiger partial charge in [0.15, 0.2) is 0 Å². The summed E-state index contributed by atoms with van der Waals surface area (Å²) < 4.78 is 13.3. The minimum Gasteiger partial charge on any atom is -0.336 e. The summed E-state index contributed by atoms with van der Waals surface area (Å²) in [6.07, 6.45) is 3.23. The Morgan fingerprint density at radius 1 is 1.45 bits per heavy atom. The molecule has 20 heavy (non-hydrogen) atoms. The standard InChI is InChI=1S/C16H23FN2O/c1-3-19(15-6-4-5-13(15)10-18)16(20)12-7-8-14(17)11(2)9-12/h7-9,13,15H,3-6,10,18H2,1-2H3. The van der Waals surface area contributed by atoms with Crippen LogP contribution in [0, 0.1) is 18.7 Å². The van der Waals surface area contributed by atoms with Gasteiger partial charge in [-0.2, -0.15) is 0 Å². The number of nitrogens with two attached hydrogens (primary N) is 1. The van der Waals surface area contributed by atoms with Crippen molar-refractivity contribution in [1.82, 2.24) is 4.90 Å². The molecular weight excluding hydrogens is 255 g/mol. The summed E-state index contributed by atoms with van der Waals surface area (Å²) in [6, 6.07) is 4.79. The zero-order valence-electron chi connectivity index (χ0n) is 12.2. The number of benzene rings is 1. The topological polar surface area (TPSA) is 46.3 Å². The zero-order valence-corrected chi connectivity index (χ0v) is 12.2. The van der Waals surface area contributed by atoms with Crippen molar-refractivity contribution in [2.24, 2.45) is 11.7 Å². The first kappa shape index (κ1) is 15.0. The molecule has 0 spiro atoms. The number of carbonyl (C=O) groups excluding carboxylic acids is 1. The maximum absolute atomic E-state index is 13.3. The van der Waals surface area contributed by atoms with Crippen molar-refractivity contribution in [3.63, 3.8) is 0 Å². The van der Waals surface area contributed by atoms with E-state index in [1.165, 1.54) is 6.07 Å². The lowest BCUT2D eigenvalue weighted by Crippen LogP contribution is -2.44. The number of carbonyl (C=O) groups is 1. The van der Waals surface area contributed by atoms with Crippen molar-refractivity contribution in [3.8, 4) is 0 Å². The Balaban J connectivity index is 2.22. The van der Waals surface area contributed by atoms with Crippen molar-refractivity contribution in [2.75, 3.05) is 13.1 Å². The van der Waals surface area contributed by atoms with Crippen LogP contribution >= 0.6 is 0 Å². The predicted octanol–water partition coefficient (Wildman–Crippen LogP) is 2.72. The monoisotopic (exact) mass is 278 g/mol. The fraction of sp³-hybridized carbons (Fsp3) is 0.562. The highest BCUT2D eigenvalue weighted by Gasteiger charge is 2.33. The minimum atomic E-state index is -0.273. The van der Waals surface area contributed by atoms with Gasteiger partial charge in [0.2, 0.25) is 0 Å². The molecule has 0 radical (unpaired) electrons. The summed E-state index contributed by atoms with van der Waals surface area (Å²) in [5, 5.41) is 0. The second-order valence-electron chi connectivity index (χ2n) is 5.55. The molecule has 0 aliphatic heterocycles. The summed E-state index contributed by atoms with van der Waals surface area (Å²) in [6.45, 7) is 4.95. The molecule has 2 rings (SSSR count). The van der Waals surface area contributed by atoms with Crippen LogP contribution in [0.5, 0.6) is 0 Å². The van der Waals surface area contributed by atoms with Crippen LogP contribution in [0.1, 0.15) is 42.1 Å². The molecule has 4 heteroatoms. The minimum absolute atomic E-state index is 0.0130. The van der Waals surface area contributed by atoms with E-state index in [2.05, 4.69) is 0 Å². The lowest BCUT2D eigenvalue weighted by atomic mass is 10.0. The normalized spacial score (nSPS) is 22.0. The van der Waals surface area contributed by atoms with Crippen molar-refractivity contribution in [3.05, 3.63) is 35.1 Å². The van der Waals surface area contributed by atoms with Gasteiger partial charge in [-0.1, -0.05) is 6.42 Å². The van der Waals surface area contributed by atoms with Crippen molar-refractivity contribution in [1.29, 1.82) is 0 Å². The molecule has 0 aromatic heterocycles. The highest BCUT2D eigenvalue weighted by atomic mass is 19.1. The van der Waals surface area contributed by atoms with Crippen LogP contribution in [-0.2, 0) is 0 Å². The molecule has 0 saturated heterocycles. The Bertz CT molecular complexity index is 489. The van der Waals surface area contributed by atoms with E-state index in [4.69, 9.17) is 5.73 Å². The third-order valence-corrected chi connectivity index (χ3v) is 4.33. The maximum atomic E-state index is 13.3. The van der Waals surface area contributed by atoms with Gasteiger partial charge in [-0.05, 0) is 62.9 Å². The Hall–Kier alpha value is -1.42. The molecule has 1 aliphatic rings. The number of amides is 1. The van der Waals surface area contributed by atoms with Crippen LogP contribution in [0.25, 0.3) is 0 Å². The van der Waals surface area contributed by atoms with Crippen LogP contribution in [0.4, 0.5) is 4.39 Å². The van der Waals surface area contributed by atoms with Gasteiger partial charge in [0.1, 0.15) is 5.82 Å². The molecule has 1 aliphatic carbocycles. The number of hydrogen-bond donors (Lipinski definition) is 1. The highest BCUT2D eigenvalue weighted by molar-refractivity contribution is 5.94. The largest absolute Gasteiger partial charge is 0.336 e. The van der Waals surface area contributed by atoms with E-state index >= 15 is 0 Å². The van der Waals surface area contributed by atoms with Crippen LogP contribution in [-0.4, -0.2) is 29.9 Å². The predicted molar refractivity (Wildman–Crippen MR) is 78.0 cm³/mol. The molecule has 1 aromatic rings. The first-order valence-corrected chi connectivity index (χ1v) is 7.35. The summed E-state index contributed by atoms with van der Waals surface area (Å²) in [4.78, 5) is 14.6. The molecule has 2 N–H and O–H groups in total. The Kier molecular flexibility index (Phi) is 4.76. The van der Waals surface area contributed by atoms with Crippen molar-refractivity contribution in [2.45, 2.75) is 39.2 Å². The second-order valence-corrected chi connectivity index (χ2v) is 5.55. The third kappa shape index (κ3) is 2.85. The van der Waals surface area contributed by atoms with Crippen LogP contribution < -0.4 is 5.73 Å². The van der Waals surface area contributed by atoms with E-state index in [-0.39, 0.29) is 17.8 Å². The molecule has 3 nitrogen and oxygen atoms in total. The SMILES string of the molecule is CCN(C(=O)c1ccc(F)c(C)c1)C1CCCC1CN. The molecule has 0 heterocycles. The molecular formula is C16H23FN2O. The zero-order chi connectivity index (χ0) is 14.7. The smallest absolute Gasteiger partial charge is 0.254 e.